The summed E-state index contributed by atoms with van der Waals surface area (Å²) in [5.41, 5.74) is 0.709. The molecule has 3 heterocycles. The second kappa shape index (κ2) is 7.56. The van der Waals surface area contributed by atoms with Gasteiger partial charge in [0.1, 0.15) is 0 Å². The summed E-state index contributed by atoms with van der Waals surface area (Å²) in [6.07, 6.45) is 3.62. The first kappa shape index (κ1) is 17.9. The van der Waals surface area contributed by atoms with Gasteiger partial charge in [-0.15, -0.1) is 0 Å². The normalized spacial score (nSPS) is 22.5. The summed E-state index contributed by atoms with van der Waals surface area (Å²) >= 11 is 0. The van der Waals surface area contributed by atoms with Crippen LogP contribution in [-0.4, -0.2) is 70.8 Å². The molecule has 2 aliphatic rings. The number of nitrogens with zero attached hydrogens (tertiary/aromatic N) is 5. The average molecular weight is 347 g/mol. The average Bonchev–Trinajstić information content (AvgIpc) is 2.63. The monoisotopic (exact) mass is 347 g/mol. The largest absolute Gasteiger partial charge is 0.369 e. The van der Waals surface area contributed by atoms with Gasteiger partial charge in [0, 0.05) is 58.4 Å². The maximum Gasteiger partial charge on any atom is 0.268 e. The van der Waals surface area contributed by atoms with Crippen LogP contribution in [0.5, 0.6) is 0 Å². The third kappa shape index (κ3) is 4.03. The van der Waals surface area contributed by atoms with Crippen LogP contribution in [0.15, 0.2) is 17.1 Å². The molecule has 0 spiro atoms. The Morgan fingerprint density at radius 3 is 2.56 bits per heavy atom. The molecule has 25 heavy (non-hydrogen) atoms. The zero-order valence-corrected chi connectivity index (χ0v) is 15.5. The molecule has 1 atom stereocenters. The lowest BCUT2D eigenvalue weighted by Crippen LogP contribution is -2.53. The van der Waals surface area contributed by atoms with Crippen LogP contribution < -0.4 is 10.5 Å². The van der Waals surface area contributed by atoms with E-state index in [2.05, 4.69) is 28.7 Å². The molecule has 2 fully saturated rings. The number of piperidine rings is 1. The van der Waals surface area contributed by atoms with Gasteiger partial charge in [-0.1, -0.05) is 0 Å². The molecular weight excluding hydrogens is 318 g/mol. The van der Waals surface area contributed by atoms with E-state index in [0.29, 0.717) is 12.6 Å². The summed E-state index contributed by atoms with van der Waals surface area (Å²) in [4.78, 5) is 31.3. The van der Waals surface area contributed by atoms with Gasteiger partial charge in [0.05, 0.1) is 17.8 Å². The first-order valence-electron chi connectivity index (χ1n) is 9.27. The Morgan fingerprint density at radius 1 is 1.20 bits per heavy atom. The first-order chi connectivity index (χ1) is 12.0. The summed E-state index contributed by atoms with van der Waals surface area (Å²) in [5, 5.41) is 4.10. The Morgan fingerprint density at radius 2 is 1.92 bits per heavy atom. The van der Waals surface area contributed by atoms with Crippen molar-refractivity contribution in [1.29, 1.82) is 0 Å². The highest BCUT2D eigenvalue weighted by Gasteiger charge is 2.31. The minimum absolute atomic E-state index is 0.0170. The van der Waals surface area contributed by atoms with E-state index >= 15 is 0 Å². The number of aromatic nitrogens is 2. The highest BCUT2D eigenvalue weighted by atomic mass is 16.2. The number of rotatable bonds is 3. The van der Waals surface area contributed by atoms with Gasteiger partial charge < -0.3 is 9.80 Å². The Bertz CT molecular complexity index is 664. The Labute approximate surface area is 149 Å². The standard InChI is InChI=1S/C18H29N5O2/c1-14(2)21-7-9-22(10-8-21)18(25)15-5-4-6-23(13-15)16-11-17(24)20(3)19-12-16/h11-12,14-15H,4-10,13H2,1-3H3/t15-/m1/s1. The molecule has 1 amide bonds. The van der Waals surface area contributed by atoms with Crippen molar-refractivity contribution >= 4 is 11.6 Å². The summed E-state index contributed by atoms with van der Waals surface area (Å²) in [6.45, 7) is 9.51. The molecule has 1 aromatic heterocycles. The van der Waals surface area contributed by atoms with E-state index < -0.39 is 0 Å². The summed E-state index contributed by atoms with van der Waals surface area (Å²) in [6, 6.07) is 2.15. The fourth-order valence-corrected chi connectivity index (χ4v) is 3.76. The molecule has 138 valence electrons. The number of piperazine rings is 1. The number of carbonyl (C=O) groups excluding carboxylic acids is 1. The predicted molar refractivity (Wildman–Crippen MR) is 97.7 cm³/mol. The number of anilines is 1. The van der Waals surface area contributed by atoms with E-state index in [1.165, 1.54) is 4.68 Å². The zero-order valence-electron chi connectivity index (χ0n) is 15.5. The van der Waals surface area contributed by atoms with Crippen molar-refractivity contribution in [3.8, 4) is 0 Å². The van der Waals surface area contributed by atoms with Crippen LogP contribution in [0, 0.1) is 5.92 Å². The van der Waals surface area contributed by atoms with Gasteiger partial charge in [-0.25, -0.2) is 4.68 Å². The van der Waals surface area contributed by atoms with Crippen LogP contribution in [0.4, 0.5) is 5.69 Å². The summed E-state index contributed by atoms with van der Waals surface area (Å²) in [7, 11) is 1.64. The molecule has 7 heteroatoms. The van der Waals surface area contributed by atoms with Gasteiger partial charge in [-0.3, -0.25) is 14.5 Å². The van der Waals surface area contributed by atoms with E-state index in [-0.39, 0.29) is 17.4 Å². The number of aryl methyl sites for hydroxylation is 1. The van der Waals surface area contributed by atoms with Crippen molar-refractivity contribution in [2.24, 2.45) is 13.0 Å². The molecule has 1 aromatic rings. The van der Waals surface area contributed by atoms with E-state index in [9.17, 15) is 9.59 Å². The minimum Gasteiger partial charge on any atom is -0.369 e. The number of carbonyl (C=O) groups is 1. The lowest BCUT2D eigenvalue weighted by Gasteiger charge is -2.40. The van der Waals surface area contributed by atoms with E-state index in [1.54, 1.807) is 19.3 Å². The molecule has 0 radical (unpaired) electrons. The van der Waals surface area contributed by atoms with Crippen molar-refractivity contribution in [2.45, 2.75) is 32.7 Å². The third-order valence-corrected chi connectivity index (χ3v) is 5.45. The van der Waals surface area contributed by atoms with Crippen LogP contribution in [0.1, 0.15) is 26.7 Å². The number of hydrogen-bond acceptors (Lipinski definition) is 5. The highest BCUT2D eigenvalue weighted by molar-refractivity contribution is 5.80. The van der Waals surface area contributed by atoms with E-state index in [1.807, 2.05) is 4.90 Å². The molecule has 0 aromatic carbocycles. The molecule has 0 bridgehead atoms. The van der Waals surface area contributed by atoms with E-state index in [0.717, 1.165) is 51.3 Å². The SMILES string of the molecule is CC(C)N1CCN(C(=O)[C@@H]2CCCN(c3cnn(C)c(=O)c3)C2)CC1. The molecular formula is C18H29N5O2. The van der Waals surface area contributed by atoms with Crippen molar-refractivity contribution in [3.05, 3.63) is 22.6 Å². The van der Waals surface area contributed by atoms with Crippen LogP contribution in [0.2, 0.25) is 0 Å². The predicted octanol–water partition coefficient (Wildman–Crippen LogP) is 0.549. The number of hydrogen-bond donors (Lipinski definition) is 0. The second-order valence-corrected chi connectivity index (χ2v) is 7.42. The molecule has 2 aliphatic heterocycles. The fourth-order valence-electron chi connectivity index (χ4n) is 3.76. The maximum atomic E-state index is 12.9. The molecule has 2 saturated heterocycles. The lowest BCUT2D eigenvalue weighted by atomic mass is 9.96. The van der Waals surface area contributed by atoms with Crippen LogP contribution in [0.25, 0.3) is 0 Å². The quantitative estimate of drug-likeness (QED) is 0.799. The zero-order chi connectivity index (χ0) is 18.0. The molecule has 0 N–H and O–H groups in total. The van der Waals surface area contributed by atoms with Crippen molar-refractivity contribution in [1.82, 2.24) is 19.6 Å². The fraction of sp³-hybridized carbons (Fsp3) is 0.722. The molecule has 0 saturated carbocycles. The van der Waals surface area contributed by atoms with Crippen molar-refractivity contribution < 1.29 is 4.79 Å². The van der Waals surface area contributed by atoms with E-state index in [4.69, 9.17) is 0 Å². The maximum absolute atomic E-state index is 12.9. The third-order valence-electron chi connectivity index (χ3n) is 5.45. The van der Waals surface area contributed by atoms with Gasteiger partial charge >= 0.3 is 0 Å². The van der Waals surface area contributed by atoms with Crippen molar-refractivity contribution in [2.75, 3.05) is 44.2 Å². The topological polar surface area (TPSA) is 61.7 Å². The first-order valence-corrected chi connectivity index (χ1v) is 9.27. The highest BCUT2D eigenvalue weighted by Crippen LogP contribution is 2.23. The minimum atomic E-state index is -0.115. The summed E-state index contributed by atoms with van der Waals surface area (Å²) < 4.78 is 1.32. The lowest BCUT2D eigenvalue weighted by molar-refractivity contribution is -0.137. The molecule has 7 nitrogen and oxygen atoms in total. The Hall–Kier alpha value is -1.89. The van der Waals surface area contributed by atoms with Gasteiger partial charge in [0.15, 0.2) is 0 Å². The Kier molecular flexibility index (Phi) is 5.42. The van der Waals surface area contributed by atoms with Gasteiger partial charge in [-0.05, 0) is 26.7 Å². The smallest absolute Gasteiger partial charge is 0.268 e. The molecule has 0 aliphatic carbocycles. The molecule has 0 unspecified atom stereocenters. The van der Waals surface area contributed by atoms with Gasteiger partial charge in [0.2, 0.25) is 5.91 Å². The number of amides is 1. The van der Waals surface area contributed by atoms with Crippen molar-refractivity contribution in [3.63, 3.8) is 0 Å². The summed E-state index contributed by atoms with van der Waals surface area (Å²) in [5.74, 6) is 0.285. The van der Waals surface area contributed by atoms with Crippen LogP contribution in [-0.2, 0) is 11.8 Å². The van der Waals surface area contributed by atoms with Crippen LogP contribution in [0.3, 0.4) is 0 Å². The van der Waals surface area contributed by atoms with Crippen LogP contribution >= 0.6 is 0 Å². The molecule has 3 rings (SSSR count). The van der Waals surface area contributed by atoms with Gasteiger partial charge in [-0.2, -0.15) is 5.10 Å². The Balaban J connectivity index is 1.62. The second-order valence-electron chi connectivity index (χ2n) is 7.42. The van der Waals surface area contributed by atoms with Gasteiger partial charge in [0.25, 0.3) is 5.56 Å².